The van der Waals surface area contributed by atoms with Gasteiger partial charge in [-0.05, 0) is 19.1 Å². The predicted molar refractivity (Wildman–Crippen MR) is 60.1 cm³/mol. The predicted octanol–water partition coefficient (Wildman–Crippen LogP) is 1.04. The van der Waals surface area contributed by atoms with Crippen molar-refractivity contribution < 1.29 is 5.21 Å². The molecule has 0 unspecified atom stereocenters. The standard InChI is InChI=1S/C10H16N4O/c1-2-14(8-5-10(11)13-15)9-3-6-12-7-4-9/h3-4,6-7,15H,2,5,8H2,1H3,(H2,11,13). The third-order valence-corrected chi connectivity index (χ3v) is 2.18. The summed E-state index contributed by atoms with van der Waals surface area (Å²) < 4.78 is 0. The van der Waals surface area contributed by atoms with Crippen LogP contribution in [0.25, 0.3) is 0 Å². The molecule has 15 heavy (non-hydrogen) atoms. The lowest BCUT2D eigenvalue weighted by atomic mass is 10.3. The second-order valence-corrected chi connectivity index (χ2v) is 3.13. The lowest BCUT2D eigenvalue weighted by Gasteiger charge is -2.22. The van der Waals surface area contributed by atoms with Crippen LogP contribution in [0, 0.1) is 0 Å². The Labute approximate surface area is 89.2 Å². The number of anilines is 1. The van der Waals surface area contributed by atoms with Crippen molar-refractivity contribution in [1.29, 1.82) is 0 Å². The number of nitrogens with two attached hydrogens (primary N) is 1. The van der Waals surface area contributed by atoms with E-state index >= 15 is 0 Å². The van der Waals surface area contributed by atoms with E-state index in [1.165, 1.54) is 0 Å². The summed E-state index contributed by atoms with van der Waals surface area (Å²) in [7, 11) is 0. The van der Waals surface area contributed by atoms with Gasteiger partial charge in [-0.15, -0.1) is 0 Å². The largest absolute Gasteiger partial charge is 0.409 e. The van der Waals surface area contributed by atoms with Crippen LogP contribution < -0.4 is 10.6 Å². The second kappa shape index (κ2) is 5.85. The monoisotopic (exact) mass is 208 g/mol. The van der Waals surface area contributed by atoms with E-state index in [0.29, 0.717) is 6.42 Å². The Kier molecular flexibility index (Phi) is 4.40. The summed E-state index contributed by atoms with van der Waals surface area (Å²) in [5.41, 5.74) is 6.51. The molecule has 1 aromatic heterocycles. The van der Waals surface area contributed by atoms with Crippen molar-refractivity contribution in [1.82, 2.24) is 4.98 Å². The average molecular weight is 208 g/mol. The Balaban J connectivity index is 2.57. The van der Waals surface area contributed by atoms with Crippen LogP contribution >= 0.6 is 0 Å². The maximum atomic E-state index is 8.43. The molecule has 0 saturated heterocycles. The molecule has 3 N–H and O–H groups in total. The summed E-state index contributed by atoms with van der Waals surface area (Å²) in [4.78, 5) is 6.10. The van der Waals surface area contributed by atoms with Crippen LogP contribution in [0.4, 0.5) is 5.69 Å². The summed E-state index contributed by atoms with van der Waals surface area (Å²) in [6, 6.07) is 3.88. The second-order valence-electron chi connectivity index (χ2n) is 3.13. The molecule has 0 fully saturated rings. The van der Waals surface area contributed by atoms with Crippen LogP contribution in [0.5, 0.6) is 0 Å². The van der Waals surface area contributed by atoms with Crippen LogP contribution in [-0.2, 0) is 0 Å². The Bertz CT molecular complexity index is 312. The van der Waals surface area contributed by atoms with Crippen molar-refractivity contribution >= 4 is 11.5 Å². The number of rotatable bonds is 5. The van der Waals surface area contributed by atoms with Crippen LogP contribution in [0.15, 0.2) is 29.7 Å². The van der Waals surface area contributed by atoms with Crippen LogP contribution in [0.1, 0.15) is 13.3 Å². The number of hydrogen-bond acceptors (Lipinski definition) is 4. The first-order chi connectivity index (χ1) is 7.27. The Morgan fingerprint density at radius 3 is 2.73 bits per heavy atom. The molecule has 1 aromatic rings. The molecule has 0 amide bonds. The maximum absolute atomic E-state index is 8.43. The molecule has 82 valence electrons. The van der Waals surface area contributed by atoms with Gasteiger partial charge in [-0.25, -0.2) is 0 Å². The van der Waals surface area contributed by atoms with Crippen molar-refractivity contribution in [3.63, 3.8) is 0 Å². The molecule has 0 aromatic carbocycles. The van der Waals surface area contributed by atoms with Gasteiger partial charge in [0.2, 0.25) is 0 Å². The molecule has 0 atom stereocenters. The third kappa shape index (κ3) is 3.46. The third-order valence-electron chi connectivity index (χ3n) is 2.18. The molecule has 1 heterocycles. The van der Waals surface area contributed by atoms with E-state index in [1.54, 1.807) is 12.4 Å². The molecule has 0 aliphatic rings. The Morgan fingerprint density at radius 1 is 1.53 bits per heavy atom. The molecule has 0 aliphatic carbocycles. The zero-order valence-corrected chi connectivity index (χ0v) is 8.80. The van der Waals surface area contributed by atoms with Crippen molar-refractivity contribution in [3.8, 4) is 0 Å². The molecular weight excluding hydrogens is 192 g/mol. The number of pyridine rings is 1. The van der Waals surface area contributed by atoms with Gasteiger partial charge in [0, 0.05) is 37.6 Å². The summed E-state index contributed by atoms with van der Waals surface area (Å²) >= 11 is 0. The molecule has 1 rings (SSSR count). The highest BCUT2D eigenvalue weighted by atomic mass is 16.4. The first-order valence-electron chi connectivity index (χ1n) is 4.89. The van der Waals surface area contributed by atoms with Crippen LogP contribution in [0.2, 0.25) is 0 Å². The van der Waals surface area contributed by atoms with E-state index in [-0.39, 0.29) is 5.84 Å². The van der Waals surface area contributed by atoms with Gasteiger partial charge in [0.25, 0.3) is 0 Å². The molecule has 0 aliphatic heterocycles. The number of hydrogen-bond donors (Lipinski definition) is 2. The van der Waals surface area contributed by atoms with E-state index in [2.05, 4.69) is 22.0 Å². The molecular formula is C10H16N4O. The van der Waals surface area contributed by atoms with Gasteiger partial charge in [-0.2, -0.15) is 0 Å². The van der Waals surface area contributed by atoms with Crippen LogP contribution in [-0.4, -0.2) is 29.1 Å². The summed E-state index contributed by atoms with van der Waals surface area (Å²) in [5.74, 6) is 0.252. The van der Waals surface area contributed by atoms with Crippen molar-refractivity contribution in [2.75, 3.05) is 18.0 Å². The maximum Gasteiger partial charge on any atom is 0.140 e. The SMILES string of the molecule is CCN(CCC(N)=NO)c1ccncc1. The molecule has 0 radical (unpaired) electrons. The smallest absolute Gasteiger partial charge is 0.140 e. The zero-order chi connectivity index (χ0) is 11.1. The van der Waals surface area contributed by atoms with Crippen molar-refractivity contribution in [2.45, 2.75) is 13.3 Å². The van der Waals surface area contributed by atoms with Gasteiger partial charge in [0.15, 0.2) is 0 Å². The number of aromatic nitrogens is 1. The highest BCUT2D eigenvalue weighted by Crippen LogP contribution is 2.11. The summed E-state index contributed by atoms with van der Waals surface area (Å²) in [6.07, 6.45) is 4.05. The van der Waals surface area contributed by atoms with E-state index < -0.39 is 0 Å². The molecule has 0 bridgehead atoms. The van der Waals surface area contributed by atoms with Gasteiger partial charge in [-0.3, -0.25) is 4.98 Å². The summed E-state index contributed by atoms with van der Waals surface area (Å²) in [6.45, 7) is 3.67. The fourth-order valence-corrected chi connectivity index (χ4v) is 1.32. The summed E-state index contributed by atoms with van der Waals surface area (Å²) in [5, 5.41) is 11.4. The fourth-order valence-electron chi connectivity index (χ4n) is 1.32. The van der Waals surface area contributed by atoms with E-state index in [1.807, 2.05) is 12.1 Å². The van der Waals surface area contributed by atoms with Gasteiger partial charge in [-0.1, -0.05) is 5.16 Å². The van der Waals surface area contributed by atoms with Crippen LogP contribution in [0.3, 0.4) is 0 Å². The topological polar surface area (TPSA) is 74.7 Å². The molecule has 0 saturated carbocycles. The number of amidine groups is 1. The molecule has 5 heteroatoms. The van der Waals surface area contributed by atoms with E-state index in [4.69, 9.17) is 10.9 Å². The minimum Gasteiger partial charge on any atom is -0.409 e. The quantitative estimate of drug-likeness (QED) is 0.328. The van der Waals surface area contributed by atoms with Crippen molar-refractivity contribution in [3.05, 3.63) is 24.5 Å². The van der Waals surface area contributed by atoms with Gasteiger partial charge >= 0.3 is 0 Å². The minimum absolute atomic E-state index is 0.252. The average Bonchev–Trinajstić information content (AvgIpc) is 2.31. The van der Waals surface area contributed by atoms with Gasteiger partial charge in [0.05, 0.1) is 0 Å². The zero-order valence-electron chi connectivity index (χ0n) is 8.80. The fraction of sp³-hybridized carbons (Fsp3) is 0.400. The Hall–Kier alpha value is -1.78. The van der Waals surface area contributed by atoms with Gasteiger partial charge < -0.3 is 15.8 Å². The number of oxime groups is 1. The molecule has 5 nitrogen and oxygen atoms in total. The lowest BCUT2D eigenvalue weighted by molar-refractivity contribution is 0.317. The van der Waals surface area contributed by atoms with Crippen molar-refractivity contribution in [2.24, 2.45) is 10.9 Å². The first-order valence-corrected chi connectivity index (χ1v) is 4.89. The first kappa shape index (κ1) is 11.3. The Morgan fingerprint density at radius 2 is 2.20 bits per heavy atom. The molecule has 0 spiro atoms. The highest BCUT2D eigenvalue weighted by molar-refractivity contribution is 5.80. The highest BCUT2D eigenvalue weighted by Gasteiger charge is 2.04. The van der Waals surface area contributed by atoms with E-state index in [0.717, 1.165) is 18.8 Å². The normalized spacial score (nSPS) is 11.4. The minimum atomic E-state index is 0.252. The lowest BCUT2D eigenvalue weighted by Crippen LogP contribution is -2.27. The van der Waals surface area contributed by atoms with Gasteiger partial charge in [0.1, 0.15) is 5.84 Å². The van der Waals surface area contributed by atoms with E-state index in [9.17, 15) is 0 Å². The number of nitrogens with zero attached hydrogens (tertiary/aromatic N) is 3.